The van der Waals surface area contributed by atoms with Gasteiger partial charge in [0.2, 0.25) is 0 Å². The minimum atomic E-state index is -0.00237. The first-order valence-corrected chi connectivity index (χ1v) is 10.7. The Bertz CT molecular complexity index is 916. The van der Waals surface area contributed by atoms with E-state index in [0.29, 0.717) is 39.2 Å². The van der Waals surface area contributed by atoms with Crippen LogP contribution in [0.4, 0.5) is 5.69 Å². The molecule has 0 aliphatic carbocycles. The predicted molar refractivity (Wildman–Crippen MR) is 121 cm³/mol. The molecule has 1 amide bonds. The standard InChI is InChI=1S/C23H25ClN2OS/c1-15(2)14-26-22(27)21(13-17-9-11-18(12-10-17)16(3)4)28-23(26)25-20-8-6-5-7-19(20)24/h5-13,15-16H,14H2,1-4H3/b21-13+,25-23?. The summed E-state index contributed by atoms with van der Waals surface area (Å²) in [5.74, 6) is 0.822. The molecule has 0 atom stereocenters. The Morgan fingerprint density at radius 3 is 2.36 bits per heavy atom. The number of hydrogen-bond acceptors (Lipinski definition) is 3. The van der Waals surface area contributed by atoms with Gasteiger partial charge in [-0.25, -0.2) is 4.99 Å². The second-order valence-corrected chi connectivity index (χ2v) is 9.00. The highest BCUT2D eigenvalue weighted by atomic mass is 35.5. The van der Waals surface area contributed by atoms with E-state index in [1.807, 2.05) is 30.3 Å². The van der Waals surface area contributed by atoms with Gasteiger partial charge in [0.25, 0.3) is 5.91 Å². The van der Waals surface area contributed by atoms with Crippen molar-refractivity contribution in [3.8, 4) is 0 Å². The minimum Gasteiger partial charge on any atom is -0.286 e. The van der Waals surface area contributed by atoms with Crippen molar-refractivity contribution in [3.63, 3.8) is 0 Å². The van der Waals surface area contributed by atoms with Crippen molar-refractivity contribution < 1.29 is 4.79 Å². The number of para-hydroxylation sites is 1. The van der Waals surface area contributed by atoms with Crippen LogP contribution in [0.1, 0.15) is 44.7 Å². The van der Waals surface area contributed by atoms with Gasteiger partial charge >= 0.3 is 0 Å². The minimum absolute atomic E-state index is 0.00237. The van der Waals surface area contributed by atoms with Crippen molar-refractivity contribution >= 4 is 46.2 Å². The van der Waals surface area contributed by atoms with E-state index in [0.717, 1.165) is 5.56 Å². The van der Waals surface area contributed by atoms with E-state index in [1.54, 1.807) is 4.90 Å². The van der Waals surface area contributed by atoms with Crippen LogP contribution in [0.3, 0.4) is 0 Å². The number of aliphatic imine (C=N–C) groups is 1. The zero-order valence-electron chi connectivity index (χ0n) is 16.6. The lowest BCUT2D eigenvalue weighted by atomic mass is 10.0. The summed E-state index contributed by atoms with van der Waals surface area (Å²) in [6.45, 7) is 9.16. The van der Waals surface area contributed by atoms with Gasteiger partial charge < -0.3 is 0 Å². The summed E-state index contributed by atoms with van der Waals surface area (Å²) < 4.78 is 0. The van der Waals surface area contributed by atoms with Gasteiger partial charge in [0.05, 0.1) is 15.6 Å². The van der Waals surface area contributed by atoms with Crippen LogP contribution in [0, 0.1) is 5.92 Å². The molecule has 1 saturated heterocycles. The molecule has 0 radical (unpaired) electrons. The Morgan fingerprint density at radius 1 is 1.07 bits per heavy atom. The van der Waals surface area contributed by atoms with E-state index in [-0.39, 0.29) is 5.91 Å². The van der Waals surface area contributed by atoms with E-state index >= 15 is 0 Å². The molecule has 0 aromatic heterocycles. The molecule has 1 aliphatic heterocycles. The zero-order valence-corrected chi connectivity index (χ0v) is 18.2. The molecule has 3 rings (SSSR count). The quantitative estimate of drug-likeness (QED) is 0.510. The van der Waals surface area contributed by atoms with Crippen LogP contribution in [0.25, 0.3) is 6.08 Å². The summed E-state index contributed by atoms with van der Waals surface area (Å²) in [5, 5.41) is 1.26. The molecule has 1 fully saturated rings. The monoisotopic (exact) mass is 412 g/mol. The number of benzene rings is 2. The smallest absolute Gasteiger partial charge is 0.266 e. The number of amides is 1. The van der Waals surface area contributed by atoms with Crippen LogP contribution in [0.15, 0.2) is 58.4 Å². The van der Waals surface area contributed by atoms with E-state index in [9.17, 15) is 4.79 Å². The number of carbonyl (C=O) groups is 1. The lowest BCUT2D eigenvalue weighted by molar-refractivity contribution is -0.122. The second-order valence-electron chi connectivity index (χ2n) is 7.59. The van der Waals surface area contributed by atoms with Crippen LogP contribution in [0.2, 0.25) is 5.02 Å². The number of halogens is 1. The molecule has 146 valence electrons. The van der Waals surface area contributed by atoms with Crippen LogP contribution < -0.4 is 0 Å². The SMILES string of the molecule is CC(C)CN1C(=O)/C(=C\c2ccc(C(C)C)cc2)SC1=Nc1ccccc1Cl. The van der Waals surface area contributed by atoms with Crippen molar-refractivity contribution in [1.29, 1.82) is 0 Å². The Labute approximate surface area is 176 Å². The van der Waals surface area contributed by atoms with Gasteiger partial charge in [-0.3, -0.25) is 9.69 Å². The summed E-state index contributed by atoms with van der Waals surface area (Å²) in [7, 11) is 0. The normalized spacial score (nSPS) is 17.5. The van der Waals surface area contributed by atoms with Crippen molar-refractivity contribution in [2.24, 2.45) is 10.9 Å². The van der Waals surface area contributed by atoms with E-state index in [2.05, 4.69) is 57.0 Å². The predicted octanol–water partition coefficient (Wildman–Crippen LogP) is 6.72. The molecule has 2 aromatic rings. The fourth-order valence-electron chi connectivity index (χ4n) is 2.89. The average molecular weight is 413 g/mol. The zero-order chi connectivity index (χ0) is 20.3. The largest absolute Gasteiger partial charge is 0.286 e. The van der Waals surface area contributed by atoms with Crippen molar-refractivity contribution in [2.45, 2.75) is 33.6 Å². The fraction of sp³-hybridized carbons (Fsp3) is 0.304. The van der Waals surface area contributed by atoms with Gasteiger partial charge in [-0.15, -0.1) is 0 Å². The summed E-state index contributed by atoms with van der Waals surface area (Å²) in [4.78, 5) is 20.2. The molecule has 28 heavy (non-hydrogen) atoms. The fourth-order valence-corrected chi connectivity index (χ4v) is 4.07. The van der Waals surface area contributed by atoms with Gasteiger partial charge in [0.1, 0.15) is 0 Å². The third-order valence-corrected chi connectivity index (χ3v) is 5.73. The maximum absolute atomic E-state index is 13.0. The van der Waals surface area contributed by atoms with Crippen LogP contribution in [0.5, 0.6) is 0 Å². The molecule has 1 aliphatic rings. The van der Waals surface area contributed by atoms with Crippen molar-refractivity contribution in [2.75, 3.05) is 6.54 Å². The topological polar surface area (TPSA) is 32.7 Å². The number of amidine groups is 1. The number of nitrogens with zero attached hydrogens (tertiary/aromatic N) is 2. The van der Waals surface area contributed by atoms with Gasteiger partial charge in [0.15, 0.2) is 5.17 Å². The maximum atomic E-state index is 13.0. The van der Waals surface area contributed by atoms with Crippen LogP contribution in [-0.4, -0.2) is 22.5 Å². The number of hydrogen-bond donors (Lipinski definition) is 0. The number of thioether (sulfide) groups is 1. The highest BCUT2D eigenvalue weighted by Crippen LogP contribution is 2.36. The van der Waals surface area contributed by atoms with Crippen molar-refractivity contribution in [1.82, 2.24) is 4.90 Å². The summed E-state index contributed by atoms with van der Waals surface area (Å²) >= 11 is 7.67. The molecular formula is C23H25ClN2OS. The Morgan fingerprint density at radius 2 is 1.75 bits per heavy atom. The molecule has 0 spiro atoms. The van der Waals surface area contributed by atoms with Crippen LogP contribution in [-0.2, 0) is 4.79 Å². The lowest BCUT2D eigenvalue weighted by Crippen LogP contribution is -2.32. The van der Waals surface area contributed by atoms with Crippen LogP contribution >= 0.6 is 23.4 Å². The van der Waals surface area contributed by atoms with E-state index < -0.39 is 0 Å². The Hall–Kier alpha value is -2.04. The average Bonchev–Trinajstić information content (AvgIpc) is 2.92. The first-order valence-electron chi connectivity index (χ1n) is 9.49. The van der Waals surface area contributed by atoms with E-state index in [1.165, 1.54) is 17.3 Å². The molecule has 0 bridgehead atoms. The third kappa shape index (κ3) is 4.86. The summed E-state index contributed by atoms with van der Waals surface area (Å²) in [5.41, 5.74) is 2.98. The van der Waals surface area contributed by atoms with E-state index in [4.69, 9.17) is 11.6 Å². The van der Waals surface area contributed by atoms with Gasteiger partial charge in [-0.05, 0) is 52.9 Å². The molecule has 3 nitrogen and oxygen atoms in total. The molecule has 5 heteroatoms. The first kappa shape index (κ1) is 20.7. The summed E-state index contributed by atoms with van der Waals surface area (Å²) in [6.07, 6.45) is 1.94. The molecule has 0 N–H and O–H groups in total. The highest BCUT2D eigenvalue weighted by molar-refractivity contribution is 8.18. The van der Waals surface area contributed by atoms with Gasteiger partial charge in [-0.2, -0.15) is 0 Å². The lowest BCUT2D eigenvalue weighted by Gasteiger charge is -2.17. The molecular weight excluding hydrogens is 388 g/mol. The molecule has 0 saturated carbocycles. The first-order chi connectivity index (χ1) is 13.3. The molecule has 2 aromatic carbocycles. The van der Waals surface area contributed by atoms with Gasteiger partial charge in [0, 0.05) is 6.54 Å². The summed E-state index contributed by atoms with van der Waals surface area (Å²) in [6, 6.07) is 15.8. The van der Waals surface area contributed by atoms with Crippen molar-refractivity contribution in [3.05, 3.63) is 69.6 Å². The number of rotatable bonds is 5. The Balaban J connectivity index is 1.93. The molecule has 1 heterocycles. The van der Waals surface area contributed by atoms with Gasteiger partial charge in [-0.1, -0.05) is 75.7 Å². The Kier molecular flexibility index (Phi) is 6.63. The highest BCUT2D eigenvalue weighted by Gasteiger charge is 2.33. The second kappa shape index (κ2) is 8.97. The molecule has 0 unspecified atom stereocenters. The third-order valence-electron chi connectivity index (χ3n) is 4.41. The number of carbonyl (C=O) groups excluding carboxylic acids is 1. The maximum Gasteiger partial charge on any atom is 0.266 e.